The van der Waals surface area contributed by atoms with E-state index >= 15 is 0 Å². The van der Waals surface area contributed by atoms with E-state index in [0.29, 0.717) is 24.3 Å². The lowest BCUT2D eigenvalue weighted by molar-refractivity contribution is -0.125. The Morgan fingerprint density at radius 3 is 2.21 bits per heavy atom. The molecule has 0 atom stereocenters. The van der Waals surface area contributed by atoms with Crippen molar-refractivity contribution in [2.24, 2.45) is 23.7 Å². The van der Waals surface area contributed by atoms with Crippen molar-refractivity contribution < 1.29 is 14.3 Å². The van der Waals surface area contributed by atoms with Gasteiger partial charge >= 0.3 is 6.09 Å². The molecule has 5 saturated carbocycles. The van der Waals surface area contributed by atoms with E-state index in [0.717, 1.165) is 30.2 Å². The first-order chi connectivity index (χ1) is 13.6. The van der Waals surface area contributed by atoms with E-state index in [1.54, 1.807) is 0 Å². The van der Waals surface area contributed by atoms with Crippen molar-refractivity contribution in [3.63, 3.8) is 0 Å². The molecule has 1 aromatic rings. The summed E-state index contributed by atoms with van der Waals surface area (Å²) in [5.41, 5.74) is 0.561. The van der Waals surface area contributed by atoms with Crippen molar-refractivity contribution in [2.45, 2.75) is 69.6 Å². The van der Waals surface area contributed by atoms with E-state index in [1.807, 2.05) is 30.3 Å². The van der Waals surface area contributed by atoms with Crippen LogP contribution in [0.2, 0.25) is 0 Å². The third-order valence-corrected chi connectivity index (χ3v) is 7.49. The van der Waals surface area contributed by atoms with Crippen LogP contribution in [-0.4, -0.2) is 23.6 Å². The van der Waals surface area contributed by atoms with Gasteiger partial charge in [0.05, 0.1) is 5.54 Å². The van der Waals surface area contributed by atoms with Crippen LogP contribution >= 0.6 is 0 Å². The first-order valence-electron chi connectivity index (χ1n) is 10.9. The Balaban J connectivity index is 1.11. The molecule has 1 aromatic carbocycles. The van der Waals surface area contributed by atoms with Gasteiger partial charge in [-0.25, -0.2) is 4.79 Å². The van der Waals surface area contributed by atoms with Gasteiger partial charge in [0.1, 0.15) is 6.61 Å². The van der Waals surface area contributed by atoms with Gasteiger partial charge in [0.25, 0.3) is 0 Å². The minimum atomic E-state index is -0.427. The Morgan fingerprint density at radius 2 is 1.61 bits per heavy atom. The third kappa shape index (κ3) is 3.76. The second-order valence-corrected chi connectivity index (χ2v) is 9.67. The van der Waals surface area contributed by atoms with Crippen LogP contribution in [-0.2, 0) is 16.1 Å². The third-order valence-electron chi connectivity index (χ3n) is 7.49. The molecule has 5 fully saturated rings. The predicted molar refractivity (Wildman–Crippen MR) is 105 cm³/mol. The van der Waals surface area contributed by atoms with Crippen molar-refractivity contribution >= 4 is 12.0 Å². The van der Waals surface area contributed by atoms with Gasteiger partial charge in [0, 0.05) is 12.5 Å². The van der Waals surface area contributed by atoms with Crippen LogP contribution in [0.4, 0.5) is 4.79 Å². The zero-order chi connectivity index (χ0) is 19.1. The summed E-state index contributed by atoms with van der Waals surface area (Å²) in [6.07, 6.45) is 8.26. The highest BCUT2D eigenvalue weighted by Crippen LogP contribution is 2.53. The molecule has 2 N–H and O–H groups in total. The average Bonchev–Trinajstić information content (AvgIpc) is 3.42. The van der Waals surface area contributed by atoms with Gasteiger partial charge in [0.15, 0.2) is 0 Å². The number of alkyl carbamates (subject to hydrolysis) is 1. The van der Waals surface area contributed by atoms with Crippen LogP contribution in [0.25, 0.3) is 0 Å². The summed E-state index contributed by atoms with van der Waals surface area (Å²) < 4.78 is 5.33. The molecular weight excluding hydrogens is 352 g/mol. The maximum absolute atomic E-state index is 12.7. The fraction of sp³-hybridized carbons (Fsp3) is 0.652. The lowest BCUT2D eigenvalue weighted by atomic mass is 9.54. The number of benzene rings is 1. The number of hydrogen-bond acceptors (Lipinski definition) is 3. The molecule has 4 bridgehead atoms. The normalized spacial score (nSPS) is 33.9. The van der Waals surface area contributed by atoms with E-state index in [-0.39, 0.29) is 12.5 Å². The fourth-order valence-electron chi connectivity index (χ4n) is 6.18. The molecular formula is C23H30N2O3. The van der Waals surface area contributed by atoms with E-state index in [2.05, 4.69) is 10.6 Å². The molecule has 0 spiro atoms. The molecule has 0 radical (unpaired) electrons. The van der Waals surface area contributed by atoms with Crippen LogP contribution in [0.5, 0.6) is 0 Å². The average molecular weight is 383 g/mol. The summed E-state index contributed by atoms with van der Waals surface area (Å²) in [7, 11) is 0. The van der Waals surface area contributed by atoms with Gasteiger partial charge in [-0.1, -0.05) is 30.3 Å². The lowest BCUT2D eigenvalue weighted by Crippen LogP contribution is -2.56. The van der Waals surface area contributed by atoms with Crippen LogP contribution in [0.15, 0.2) is 30.3 Å². The molecule has 5 heteroatoms. The largest absolute Gasteiger partial charge is 0.445 e. The van der Waals surface area contributed by atoms with Crippen molar-refractivity contribution in [3.05, 3.63) is 35.9 Å². The van der Waals surface area contributed by atoms with Gasteiger partial charge in [0.2, 0.25) is 5.91 Å². The maximum Gasteiger partial charge on any atom is 0.407 e. The summed E-state index contributed by atoms with van der Waals surface area (Å²) in [5, 5.41) is 6.31. The molecule has 0 aromatic heterocycles. The zero-order valence-corrected chi connectivity index (χ0v) is 16.4. The van der Waals surface area contributed by atoms with E-state index in [1.165, 1.54) is 32.1 Å². The van der Waals surface area contributed by atoms with Gasteiger partial charge in [-0.3, -0.25) is 4.79 Å². The standard InChI is InChI=1S/C23H30N2O3/c26-20(24-21-18-9-16-8-17(11-18)12-19(21)10-16)13-23(6-7-23)25-22(27)28-14-15-4-2-1-3-5-15/h1-5,16-19,21H,6-14H2,(H,24,26)(H,25,27). The summed E-state index contributed by atoms with van der Waals surface area (Å²) in [6.45, 7) is 0.253. The molecule has 28 heavy (non-hydrogen) atoms. The molecule has 5 aliphatic carbocycles. The molecule has 2 amide bonds. The Kier molecular flexibility index (Phi) is 4.56. The minimum absolute atomic E-state index is 0.0957. The first-order valence-corrected chi connectivity index (χ1v) is 10.9. The summed E-state index contributed by atoms with van der Waals surface area (Å²) in [4.78, 5) is 24.9. The van der Waals surface area contributed by atoms with Crippen molar-refractivity contribution in [1.82, 2.24) is 10.6 Å². The van der Waals surface area contributed by atoms with E-state index in [9.17, 15) is 9.59 Å². The van der Waals surface area contributed by atoms with Crippen molar-refractivity contribution in [1.29, 1.82) is 0 Å². The Labute approximate surface area is 166 Å². The van der Waals surface area contributed by atoms with Crippen molar-refractivity contribution in [3.8, 4) is 0 Å². The maximum atomic E-state index is 12.7. The highest BCUT2D eigenvalue weighted by Gasteiger charge is 2.50. The molecule has 0 heterocycles. The Hall–Kier alpha value is -2.04. The number of rotatable bonds is 6. The van der Waals surface area contributed by atoms with Gasteiger partial charge in [-0.2, -0.15) is 0 Å². The fourth-order valence-corrected chi connectivity index (χ4v) is 6.18. The quantitative estimate of drug-likeness (QED) is 0.787. The summed E-state index contributed by atoms with van der Waals surface area (Å²) in [6, 6.07) is 10.0. The molecule has 0 aliphatic heterocycles. The second-order valence-electron chi connectivity index (χ2n) is 9.67. The first kappa shape index (κ1) is 18.0. The van der Waals surface area contributed by atoms with Crippen LogP contribution in [0.3, 0.4) is 0 Å². The van der Waals surface area contributed by atoms with E-state index < -0.39 is 11.6 Å². The van der Waals surface area contributed by atoms with Crippen LogP contribution in [0.1, 0.15) is 56.9 Å². The number of hydrogen-bond donors (Lipinski definition) is 2. The smallest absolute Gasteiger partial charge is 0.407 e. The van der Waals surface area contributed by atoms with Crippen LogP contribution < -0.4 is 10.6 Å². The summed E-state index contributed by atoms with van der Waals surface area (Å²) >= 11 is 0. The summed E-state index contributed by atoms with van der Waals surface area (Å²) in [5.74, 6) is 3.27. The topological polar surface area (TPSA) is 67.4 Å². The van der Waals surface area contributed by atoms with Crippen molar-refractivity contribution in [2.75, 3.05) is 0 Å². The SMILES string of the molecule is O=C(CC1(NC(=O)OCc2ccccc2)CC1)NC1C2CC3CC(C2)CC1C3. The van der Waals surface area contributed by atoms with Gasteiger partial charge in [-0.15, -0.1) is 0 Å². The molecule has 150 valence electrons. The monoisotopic (exact) mass is 382 g/mol. The highest BCUT2D eigenvalue weighted by molar-refractivity contribution is 5.80. The molecule has 6 rings (SSSR count). The number of nitrogens with one attached hydrogen (secondary N) is 2. The van der Waals surface area contributed by atoms with Crippen LogP contribution in [0, 0.1) is 23.7 Å². The molecule has 0 saturated heterocycles. The molecule has 5 aliphatic rings. The molecule has 0 unspecified atom stereocenters. The minimum Gasteiger partial charge on any atom is -0.445 e. The Morgan fingerprint density at radius 1 is 0.964 bits per heavy atom. The van der Waals surface area contributed by atoms with E-state index in [4.69, 9.17) is 4.74 Å². The second kappa shape index (κ2) is 7.09. The Bertz CT molecular complexity index is 715. The van der Waals surface area contributed by atoms with Gasteiger partial charge in [-0.05, 0) is 74.2 Å². The molecule has 5 nitrogen and oxygen atoms in total. The number of carbonyl (C=O) groups is 2. The highest BCUT2D eigenvalue weighted by atomic mass is 16.5. The zero-order valence-electron chi connectivity index (χ0n) is 16.4. The predicted octanol–water partition coefficient (Wildman–Crippen LogP) is 3.78. The van der Waals surface area contributed by atoms with Gasteiger partial charge < -0.3 is 15.4 Å². The number of amides is 2. The number of carbonyl (C=O) groups excluding carboxylic acids is 2. The lowest BCUT2D eigenvalue weighted by Gasteiger charge is -2.54. The number of ether oxygens (including phenoxy) is 1.